The molecule has 1 atom stereocenters. The third kappa shape index (κ3) is 3.85. The van der Waals surface area contributed by atoms with Crippen molar-refractivity contribution < 1.29 is 19.4 Å². The number of aliphatic hydroxyl groups is 1. The third-order valence-electron chi connectivity index (χ3n) is 6.50. The molecule has 32 heavy (non-hydrogen) atoms. The van der Waals surface area contributed by atoms with E-state index in [0.717, 1.165) is 41.3 Å². The number of fused-ring (bicyclic) bond motifs is 2. The lowest BCUT2D eigenvalue weighted by atomic mass is 10.0. The molecule has 1 saturated heterocycles. The van der Waals surface area contributed by atoms with Gasteiger partial charge in [-0.25, -0.2) is 0 Å². The predicted molar refractivity (Wildman–Crippen MR) is 121 cm³/mol. The van der Waals surface area contributed by atoms with Crippen LogP contribution in [-0.2, 0) is 16.0 Å². The molecule has 1 aromatic heterocycles. The lowest BCUT2D eigenvalue weighted by molar-refractivity contribution is -0.110. The molecule has 0 radical (unpaired) electrons. The van der Waals surface area contributed by atoms with E-state index in [2.05, 4.69) is 15.2 Å². The van der Waals surface area contributed by atoms with Gasteiger partial charge in [0, 0.05) is 61.8 Å². The molecule has 3 aliphatic heterocycles. The van der Waals surface area contributed by atoms with Crippen molar-refractivity contribution in [3.63, 3.8) is 0 Å². The van der Waals surface area contributed by atoms with Crippen LogP contribution in [-0.4, -0.2) is 83.7 Å². The van der Waals surface area contributed by atoms with Crippen LogP contribution in [0, 0.1) is 6.92 Å². The highest BCUT2D eigenvalue weighted by molar-refractivity contribution is 6.34. The number of aliphatic hydroxyl groups excluding tert-OH is 1. The van der Waals surface area contributed by atoms with E-state index >= 15 is 0 Å². The van der Waals surface area contributed by atoms with Crippen molar-refractivity contribution in [1.29, 1.82) is 0 Å². The molecule has 2 aromatic rings. The van der Waals surface area contributed by atoms with Crippen molar-refractivity contribution in [2.75, 3.05) is 51.3 Å². The van der Waals surface area contributed by atoms with Gasteiger partial charge < -0.3 is 25.0 Å². The molecule has 8 heteroatoms. The fourth-order valence-electron chi connectivity index (χ4n) is 4.80. The molecule has 168 valence electrons. The summed E-state index contributed by atoms with van der Waals surface area (Å²) in [6.07, 6.45) is 1.93. The van der Waals surface area contributed by atoms with Crippen LogP contribution >= 0.6 is 0 Å². The summed E-state index contributed by atoms with van der Waals surface area (Å²) in [6, 6.07) is 7.59. The van der Waals surface area contributed by atoms with Crippen LogP contribution in [0.5, 0.6) is 0 Å². The van der Waals surface area contributed by atoms with Crippen LogP contribution in [0.1, 0.15) is 32.9 Å². The zero-order chi connectivity index (χ0) is 22.2. The van der Waals surface area contributed by atoms with Crippen molar-refractivity contribution in [2.45, 2.75) is 19.4 Å². The van der Waals surface area contributed by atoms with E-state index in [1.165, 1.54) is 0 Å². The number of rotatable bonds is 5. The number of amides is 2. The maximum absolute atomic E-state index is 13.2. The number of nitrogens with one attached hydrogen (secondary N) is 2. The molecule has 5 rings (SSSR count). The van der Waals surface area contributed by atoms with Crippen LogP contribution < -0.4 is 5.32 Å². The van der Waals surface area contributed by atoms with E-state index in [1.54, 1.807) is 4.90 Å². The maximum Gasteiger partial charge on any atom is 0.256 e. The van der Waals surface area contributed by atoms with E-state index in [9.17, 15) is 14.7 Å². The van der Waals surface area contributed by atoms with Crippen molar-refractivity contribution >= 4 is 29.2 Å². The molecule has 2 amide bonds. The molecule has 3 aliphatic rings. The van der Waals surface area contributed by atoms with E-state index in [-0.39, 0.29) is 11.8 Å². The van der Waals surface area contributed by atoms with Gasteiger partial charge in [0.25, 0.3) is 11.8 Å². The molecule has 8 nitrogen and oxygen atoms in total. The van der Waals surface area contributed by atoms with Gasteiger partial charge in [0.15, 0.2) is 0 Å². The van der Waals surface area contributed by atoms with E-state index in [0.29, 0.717) is 50.4 Å². The zero-order valence-electron chi connectivity index (χ0n) is 18.2. The van der Waals surface area contributed by atoms with Gasteiger partial charge in [0.1, 0.15) is 0 Å². The summed E-state index contributed by atoms with van der Waals surface area (Å²) in [4.78, 5) is 33.0. The number of para-hydroxylation sites is 1. The Balaban J connectivity index is 1.34. The predicted octanol–water partition coefficient (Wildman–Crippen LogP) is 1.51. The minimum atomic E-state index is -0.599. The number of H-pyrrole nitrogens is 1. The number of aromatic nitrogens is 1. The van der Waals surface area contributed by atoms with E-state index in [1.807, 2.05) is 37.3 Å². The summed E-state index contributed by atoms with van der Waals surface area (Å²) in [6.45, 7) is 6.30. The molecule has 1 unspecified atom stereocenters. The van der Waals surface area contributed by atoms with Crippen molar-refractivity contribution in [2.24, 2.45) is 0 Å². The highest BCUT2D eigenvalue weighted by atomic mass is 16.5. The zero-order valence-corrected chi connectivity index (χ0v) is 18.2. The summed E-state index contributed by atoms with van der Waals surface area (Å²) >= 11 is 0. The minimum absolute atomic E-state index is 0.0676. The second kappa shape index (κ2) is 8.54. The Kier molecular flexibility index (Phi) is 5.58. The molecule has 0 spiro atoms. The van der Waals surface area contributed by atoms with Crippen LogP contribution in [0.4, 0.5) is 5.69 Å². The smallest absolute Gasteiger partial charge is 0.256 e. The number of morpholine rings is 1. The Morgan fingerprint density at radius 2 is 1.94 bits per heavy atom. The Morgan fingerprint density at radius 1 is 1.16 bits per heavy atom. The minimum Gasteiger partial charge on any atom is -0.390 e. The van der Waals surface area contributed by atoms with Gasteiger partial charge in [0.2, 0.25) is 0 Å². The van der Waals surface area contributed by atoms with Crippen molar-refractivity contribution in [3.8, 4) is 0 Å². The third-order valence-corrected chi connectivity index (χ3v) is 6.50. The normalized spacial score (nSPS) is 20.9. The average molecular weight is 437 g/mol. The number of ether oxygens (including phenoxy) is 1. The summed E-state index contributed by atoms with van der Waals surface area (Å²) in [5.41, 5.74) is 5.42. The van der Waals surface area contributed by atoms with Gasteiger partial charge in [-0.2, -0.15) is 0 Å². The number of aromatic amines is 1. The van der Waals surface area contributed by atoms with Gasteiger partial charge in [-0.3, -0.25) is 14.5 Å². The average Bonchev–Trinajstić information content (AvgIpc) is 3.28. The molecule has 1 aromatic carbocycles. The fourth-order valence-corrected chi connectivity index (χ4v) is 4.80. The molecule has 0 saturated carbocycles. The second-order valence-corrected chi connectivity index (χ2v) is 8.64. The summed E-state index contributed by atoms with van der Waals surface area (Å²) < 4.78 is 5.36. The summed E-state index contributed by atoms with van der Waals surface area (Å²) in [5, 5.41) is 13.5. The molecule has 3 N–H and O–H groups in total. The fraction of sp³-hybridized carbons (Fsp3) is 0.417. The van der Waals surface area contributed by atoms with Gasteiger partial charge in [-0.1, -0.05) is 18.2 Å². The highest BCUT2D eigenvalue weighted by Gasteiger charge is 2.31. The van der Waals surface area contributed by atoms with Crippen LogP contribution in [0.25, 0.3) is 11.6 Å². The van der Waals surface area contributed by atoms with Gasteiger partial charge in [-0.05, 0) is 24.6 Å². The number of hydrogen-bond donors (Lipinski definition) is 3. The number of carbonyl (C=O) groups excluding carboxylic acids is 2. The first-order valence-corrected chi connectivity index (χ1v) is 11.1. The largest absolute Gasteiger partial charge is 0.390 e. The number of nitrogens with zero attached hydrogens (tertiary/aromatic N) is 2. The lowest BCUT2D eigenvalue weighted by Gasteiger charge is -2.32. The number of carbonyl (C=O) groups is 2. The van der Waals surface area contributed by atoms with E-state index < -0.39 is 6.10 Å². The Bertz CT molecular complexity index is 1080. The molecule has 0 aliphatic carbocycles. The second-order valence-electron chi connectivity index (χ2n) is 8.64. The monoisotopic (exact) mass is 436 g/mol. The molecule has 1 fully saturated rings. The van der Waals surface area contributed by atoms with E-state index in [4.69, 9.17) is 4.74 Å². The first-order valence-electron chi connectivity index (χ1n) is 11.1. The highest BCUT2D eigenvalue weighted by Crippen LogP contribution is 2.34. The maximum atomic E-state index is 13.2. The van der Waals surface area contributed by atoms with Crippen LogP contribution in [0.3, 0.4) is 0 Å². The van der Waals surface area contributed by atoms with Crippen molar-refractivity contribution in [3.05, 3.63) is 52.3 Å². The number of hydrogen-bond acceptors (Lipinski definition) is 5. The Labute approximate surface area is 186 Å². The topological polar surface area (TPSA) is 97.9 Å². The number of β-amino-alcohol motifs (C(OH)–C–C–N with tert-alkyl or cyclic N) is 1. The van der Waals surface area contributed by atoms with Crippen molar-refractivity contribution in [1.82, 2.24) is 14.8 Å². The molecule has 4 heterocycles. The van der Waals surface area contributed by atoms with Crippen LogP contribution in [0.15, 0.2) is 24.3 Å². The molecule has 0 bridgehead atoms. The quantitative estimate of drug-likeness (QED) is 0.618. The first kappa shape index (κ1) is 20.9. The lowest BCUT2D eigenvalue weighted by Crippen LogP contribution is -2.47. The number of benzene rings is 1. The Hall–Kier alpha value is -2.94. The SMILES string of the molecule is Cc1c(/C=C2\C(=O)Nc3ccccc32)[nH]c2c1C(=O)N(CC(O)CN1CCOCC1)CC2. The van der Waals surface area contributed by atoms with Gasteiger partial charge >= 0.3 is 0 Å². The first-order chi connectivity index (χ1) is 15.5. The summed E-state index contributed by atoms with van der Waals surface area (Å²) in [5.74, 6) is -0.209. The number of anilines is 1. The Morgan fingerprint density at radius 3 is 2.75 bits per heavy atom. The molecular formula is C24H28N4O4. The van der Waals surface area contributed by atoms with Gasteiger partial charge in [-0.15, -0.1) is 0 Å². The molecular weight excluding hydrogens is 408 g/mol. The summed E-state index contributed by atoms with van der Waals surface area (Å²) in [7, 11) is 0. The van der Waals surface area contributed by atoms with Crippen LogP contribution in [0.2, 0.25) is 0 Å². The standard InChI is InChI=1S/C24H28N4O4/c1-15-21(12-18-17-4-2-3-5-19(17)26-23(18)30)25-20-6-7-28(24(31)22(15)20)14-16(29)13-27-8-10-32-11-9-27/h2-5,12,16,25,29H,6-11,13-14H2,1H3,(H,26,30)/b18-12-. The van der Waals surface area contributed by atoms with Gasteiger partial charge in [0.05, 0.1) is 30.5 Å².